The minimum absolute atomic E-state index is 0.0768. The van der Waals surface area contributed by atoms with Gasteiger partial charge in [0.05, 0.1) is 27.4 Å². The van der Waals surface area contributed by atoms with Gasteiger partial charge in [0.2, 0.25) is 0 Å². The van der Waals surface area contributed by atoms with Gasteiger partial charge in [-0.25, -0.2) is 14.6 Å². The summed E-state index contributed by atoms with van der Waals surface area (Å²) in [7, 11) is 0. The van der Waals surface area contributed by atoms with Crippen LogP contribution in [0, 0.1) is 18.8 Å². The fourth-order valence-electron chi connectivity index (χ4n) is 3.92. The average molecular weight is 609 g/mol. The van der Waals surface area contributed by atoms with Gasteiger partial charge in [-0.2, -0.15) is 0 Å². The molecule has 4 atom stereocenters. The second kappa shape index (κ2) is 13.8. The molecule has 0 spiro atoms. The standard InChI is InChI=1S/C28H30Cl2N2O9/c1-6-17-23(41-25(34)13(2)3)15(5)39-28(37)20(12-38-27(17)36)32-24(33)21-22(14(4)9-10-31-21)40-26(35)16-7-8-18(29)19(30)11-16/h7-11,13,15,17,20,23H,6,12H2,1-5H3,(H,32,33). The summed E-state index contributed by atoms with van der Waals surface area (Å²) in [6, 6.07) is 4.23. The van der Waals surface area contributed by atoms with Gasteiger partial charge in [-0.05, 0) is 50.1 Å². The van der Waals surface area contributed by atoms with Crippen molar-refractivity contribution < 1.29 is 42.9 Å². The highest BCUT2D eigenvalue weighted by Gasteiger charge is 2.41. The molecule has 2 heterocycles. The summed E-state index contributed by atoms with van der Waals surface area (Å²) < 4.78 is 21.8. The third kappa shape index (κ3) is 7.74. The molecule has 13 heteroatoms. The molecule has 0 bridgehead atoms. The molecular formula is C28H30Cl2N2O9. The second-order valence-electron chi connectivity index (χ2n) is 9.69. The van der Waals surface area contributed by atoms with Crippen LogP contribution in [0.15, 0.2) is 30.5 Å². The monoisotopic (exact) mass is 608 g/mol. The summed E-state index contributed by atoms with van der Waals surface area (Å²) in [5.41, 5.74) is 0.171. The van der Waals surface area contributed by atoms with Gasteiger partial charge in [-0.15, -0.1) is 0 Å². The van der Waals surface area contributed by atoms with E-state index in [2.05, 4.69) is 10.3 Å². The molecule has 1 aromatic heterocycles. The molecule has 41 heavy (non-hydrogen) atoms. The number of carbonyl (C=O) groups is 5. The van der Waals surface area contributed by atoms with E-state index in [4.69, 9.17) is 42.1 Å². The van der Waals surface area contributed by atoms with Crippen molar-refractivity contribution in [1.82, 2.24) is 10.3 Å². The van der Waals surface area contributed by atoms with E-state index in [9.17, 15) is 24.0 Å². The van der Waals surface area contributed by atoms with Crippen LogP contribution in [-0.4, -0.2) is 59.6 Å². The first-order valence-electron chi connectivity index (χ1n) is 12.8. The summed E-state index contributed by atoms with van der Waals surface area (Å²) in [5, 5.41) is 2.81. The van der Waals surface area contributed by atoms with Crippen LogP contribution in [0.3, 0.4) is 0 Å². The number of cyclic esters (lactones) is 2. The van der Waals surface area contributed by atoms with Crippen molar-refractivity contribution in [1.29, 1.82) is 0 Å². The Labute approximate surface area is 246 Å². The van der Waals surface area contributed by atoms with Gasteiger partial charge in [0.15, 0.2) is 23.6 Å². The van der Waals surface area contributed by atoms with Gasteiger partial charge in [-0.3, -0.25) is 14.4 Å². The van der Waals surface area contributed by atoms with Crippen molar-refractivity contribution in [3.8, 4) is 5.75 Å². The Kier molecular flexibility index (Phi) is 10.7. The maximum absolute atomic E-state index is 13.3. The van der Waals surface area contributed by atoms with Crippen molar-refractivity contribution in [3.63, 3.8) is 0 Å². The fourth-order valence-corrected chi connectivity index (χ4v) is 4.22. The summed E-state index contributed by atoms with van der Waals surface area (Å²) >= 11 is 11.9. The molecule has 1 aliphatic heterocycles. The van der Waals surface area contributed by atoms with Gasteiger partial charge < -0.3 is 24.3 Å². The zero-order valence-electron chi connectivity index (χ0n) is 23.1. The lowest BCUT2D eigenvalue weighted by Crippen LogP contribution is -2.47. The van der Waals surface area contributed by atoms with E-state index in [1.54, 1.807) is 27.7 Å². The molecule has 11 nitrogen and oxygen atoms in total. The van der Waals surface area contributed by atoms with E-state index >= 15 is 0 Å². The highest BCUT2D eigenvalue weighted by atomic mass is 35.5. The third-order valence-electron chi connectivity index (χ3n) is 6.28. The number of esters is 4. The fraction of sp³-hybridized carbons (Fsp3) is 0.429. The third-order valence-corrected chi connectivity index (χ3v) is 7.02. The van der Waals surface area contributed by atoms with Crippen LogP contribution in [-0.2, 0) is 28.6 Å². The van der Waals surface area contributed by atoms with Gasteiger partial charge >= 0.3 is 23.9 Å². The second-order valence-corrected chi connectivity index (χ2v) is 10.5. The minimum atomic E-state index is -1.44. The van der Waals surface area contributed by atoms with Gasteiger partial charge in [0.25, 0.3) is 5.91 Å². The van der Waals surface area contributed by atoms with Crippen LogP contribution >= 0.6 is 23.2 Å². The van der Waals surface area contributed by atoms with Crippen LogP contribution in [0.1, 0.15) is 60.5 Å². The SMILES string of the molecule is CCC1C(=O)OCC(NC(=O)c2nccc(C)c2OC(=O)c2ccc(Cl)c(Cl)c2)C(=O)OC(C)C1OC(=O)C(C)C. The summed E-state index contributed by atoms with van der Waals surface area (Å²) in [4.78, 5) is 68.3. The van der Waals surface area contributed by atoms with E-state index in [0.717, 1.165) is 0 Å². The van der Waals surface area contributed by atoms with Crippen LogP contribution in [0.2, 0.25) is 10.0 Å². The maximum atomic E-state index is 13.3. The number of amides is 1. The van der Waals surface area contributed by atoms with E-state index in [1.165, 1.54) is 37.4 Å². The van der Waals surface area contributed by atoms with E-state index in [0.29, 0.717) is 5.56 Å². The van der Waals surface area contributed by atoms with Gasteiger partial charge in [-0.1, -0.05) is 44.0 Å². The Morgan fingerprint density at radius 1 is 1.12 bits per heavy atom. The maximum Gasteiger partial charge on any atom is 0.343 e. The van der Waals surface area contributed by atoms with Crippen molar-refractivity contribution in [2.45, 2.75) is 59.3 Å². The van der Waals surface area contributed by atoms with Crippen molar-refractivity contribution in [2.75, 3.05) is 6.61 Å². The van der Waals surface area contributed by atoms with Crippen LogP contribution in [0.4, 0.5) is 0 Å². The molecule has 1 N–H and O–H groups in total. The molecule has 2 aromatic rings. The Bertz CT molecular complexity index is 1350. The number of nitrogens with zero attached hydrogens (tertiary/aromatic N) is 1. The number of rotatable bonds is 7. The number of hydrogen-bond donors (Lipinski definition) is 1. The van der Waals surface area contributed by atoms with Gasteiger partial charge in [0, 0.05) is 6.20 Å². The quantitative estimate of drug-likeness (QED) is 0.360. The van der Waals surface area contributed by atoms with Crippen LogP contribution in [0.25, 0.3) is 0 Å². The van der Waals surface area contributed by atoms with Crippen LogP contribution in [0.5, 0.6) is 5.75 Å². The molecule has 1 amide bonds. The number of pyridine rings is 1. The molecule has 1 fully saturated rings. The number of ether oxygens (including phenoxy) is 4. The summed E-state index contributed by atoms with van der Waals surface area (Å²) in [6.45, 7) is 7.50. The molecule has 0 radical (unpaired) electrons. The molecule has 3 rings (SSSR count). The topological polar surface area (TPSA) is 147 Å². The van der Waals surface area contributed by atoms with E-state index < -0.39 is 66.5 Å². The highest BCUT2D eigenvalue weighted by Crippen LogP contribution is 2.27. The zero-order chi connectivity index (χ0) is 30.4. The predicted molar refractivity (Wildman–Crippen MR) is 147 cm³/mol. The Balaban J connectivity index is 1.83. The highest BCUT2D eigenvalue weighted by molar-refractivity contribution is 6.42. The molecule has 1 aliphatic rings. The zero-order valence-corrected chi connectivity index (χ0v) is 24.6. The number of nitrogens with one attached hydrogen (secondary N) is 1. The average Bonchev–Trinajstić information content (AvgIpc) is 2.95. The number of carbonyl (C=O) groups excluding carboxylic acids is 5. The lowest BCUT2D eigenvalue weighted by Gasteiger charge is -2.29. The minimum Gasteiger partial charge on any atom is -0.463 e. The molecule has 1 saturated heterocycles. The van der Waals surface area contributed by atoms with Crippen molar-refractivity contribution in [2.24, 2.45) is 11.8 Å². The lowest BCUT2D eigenvalue weighted by molar-refractivity contribution is -0.176. The lowest BCUT2D eigenvalue weighted by atomic mass is 9.95. The Morgan fingerprint density at radius 2 is 1.83 bits per heavy atom. The first-order chi connectivity index (χ1) is 19.3. The summed E-state index contributed by atoms with van der Waals surface area (Å²) in [5.74, 6) is -5.48. The molecule has 4 unspecified atom stereocenters. The van der Waals surface area contributed by atoms with Crippen molar-refractivity contribution >= 4 is 53.0 Å². The number of aromatic nitrogens is 1. The molecule has 1 aromatic carbocycles. The van der Waals surface area contributed by atoms with Crippen LogP contribution < -0.4 is 10.1 Å². The van der Waals surface area contributed by atoms with Crippen molar-refractivity contribution in [3.05, 3.63) is 57.3 Å². The number of hydrogen-bond acceptors (Lipinski definition) is 10. The molecular weight excluding hydrogens is 579 g/mol. The first kappa shape index (κ1) is 31.8. The molecule has 220 valence electrons. The van der Waals surface area contributed by atoms with Gasteiger partial charge in [0.1, 0.15) is 12.7 Å². The number of halogens is 2. The number of aryl methyl sites for hydroxylation is 1. The smallest absolute Gasteiger partial charge is 0.343 e. The normalized spacial score (nSPS) is 21.1. The molecule has 0 saturated carbocycles. The predicted octanol–water partition coefficient (Wildman–Crippen LogP) is 4.10. The van der Waals surface area contributed by atoms with E-state index in [-0.39, 0.29) is 33.5 Å². The number of benzene rings is 1. The Hall–Kier alpha value is -3.70. The van der Waals surface area contributed by atoms with E-state index in [1.807, 2.05) is 0 Å². The largest absolute Gasteiger partial charge is 0.463 e. The molecule has 0 aliphatic carbocycles. The summed E-state index contributed by atoms with van der Waals surface area (Å²) in [6.07, 6.45) is -0.551. The Morgan fingerprint density at radius 3 is 2.46 bits per heavy atom. The first-order valence-corrected chi connectivity index (χ1v) is 13.6.